The van der Waals surface area contributed by atoms with Crippen molar-refractivity contribution in [2.45, 2.75) is 57.9 Å². The number of hydrogen-bond donors (Lipinski definition) is 4. The molecule has 0 heterocycles. The van der Waals surface area contributed by atoms with E-state index in [4.69, 9.17) is 23.2 Å². The van der Waals surface area contributed by atoms with Gasteiger partial charge in [0, 0.05) is 23.6 Å². The molecular formula is C29H28Cl2F3N3O5. The van der Waals surface area contributed by atoms with Crippen LogP contribution in [-0.4, -0.2) is 35.4 Å². The number of carbonyl (C=O) groups is 3. The van der Waals surface area contributed by atoms with Gasteiger partial charge in [-0.05, 0) is 42.7 Å². The number of alkyl halides is 3. The lowest BCUT2D eigenvalue weighted by Gasteiger charge is -2.41. The Morgan fingerprint density at radius 2 is 1.57 bits per heavy atom. The highest BCUT2D eigenvalue weighted by molar-refractivity contribution is 6.40. The lowest BCUT2D eigenvalue weighted by Crippen LogP contribution is -2.48. The van der Waals surface area contributed by atoms with E-state index in [0.717, 1.165) is 42.2 Å². The number of aliphatic carboxylic acids is 1. The molecule has 0 unspecified atom stereocenters. The van der Waals surface area contributed by atoms with Crippen LogP contribution in [0.3, 0.4) is 0 Å². The Kier molecular flexibility index (Phi) is 9.42. The third kappa shape index (κ3) is 7.57. The highest BCUT2D eigenvalue weighted by Crippen LogP contribution is 2.42. The highest BCUT2D eigenvalue weighted by Gasteiger charge is 2.40. The van der Waals surface area contributed by atoms with Crippen LogP contribution in [0, 0.1) is 5.41 Å². The molecule has 4 rings (SSSR count). The van der Waals surface area contributed by atoms with Gasteiger partial charge >= 0.3 is 18.4 Å². The van der Waals surface area contributed by atoms with E-state index in [9.17, 15) is 32.7 Å². The van der Waals surface area contributed by atoms with Gasteiger partial charge in [-0.1, -0.05) is 66.7 Å². The predicted octanol–water partition coefficient (Wildman–Crippen LogP) is 8.23. The van der Waals surface area contributed by atoms with Gasteiger partial charge < -0.3 is 25.8 Å². The maximum absolute atomic E-state index is 13.6. The smallest absolute Gasteiger partial charge is 0.481 e. The van der Waals surface area contributed by atoms with Crippen LogP contribution in [0.5, 0.6) is 5.75 Å². The lowest BCUT2D eigenvalue weighted by molar-refractivity contribution is -0.274. The summed E-state index contributed by atoms with van der Waals surface area (Å²) in [5, 5.41) is 18.4. The molecule has 0 spiro atoms. The molecule has 3 aromatic carbocycles. The van der Waals surface area contributed by atoms with Gasteiger partial charge in [0.1, 0.15) is 5.75 Å². The molecule has 4 N–H and O–H groups in total. The van der Waals surface area contributed by atoms with Crippen LogP contribution in [0.4, 0.5) is 29.3 Å². The summed E-state index contributed by atoms with van der Waals surface area (Å²) < 4.78 is 41.6. The van der Waals surface area contributed by atoms with Gasteiger partial charge in [-0.25, -0.2) is 4.79 Å². The average Bonchev–Trinajstić information content (AvgIpc) is 2.89. The number of ether oxygens (including phenoxy) is 1. The van der Waals surface area contributed by atoms with Gasteiger partial charge in [0.2, 0.25) is 0 Å². The molecule has 3 amide bonds. The van der Waals surface area contributed by atoms with Crippen molar-refractivity contribution in [2.75, 3.05) is 10.6 Å². The summed E-state index contributed by atoms with van der Waals surface area (Å²) in [7, 11) is 0. The number of anilines is 2. The standard InChI is InChI=1S/C29H28Cl2F3N3O5/c1-16(28(15-24(38)39)9-5-2-6-10-28)35-26(40)20-11-17-7-3-4-8-18(17)12-23(20)36-27(41)37-25-21(30)13-19(14-22(25)31)42-29(32,33)34/h3-4,7-8,11-14,16H,2,5-6,9-10,15H2,1H3,(H,35,40)(H,38,39)(H2,36,37,41)/t16-/m1/s1. The average molecular weight is 626 g/mol. The number of fused-ring (bicyclic) bond motifs is 1. The number of halogens is 5. The second kappa shape index (κ2) is 12.7. The van der Waals surface area contributed by atoms with E-state index in [-0.39, 0.29) is 33.4 Å². The van der Waals surface area contributed by atoms with E-state index < -0.39 is 41.5 Å². The van der Waals surface area contributed by atoms with Crippen molar-refractivity contribution in [3.8, 4) is 5.75 Å². The van der Waals surface area contributed by atoms with Crippen LogP contribution >= 0.6 is 23.2 Å². The molecule has 0 aliphatic heterocycles. The number of carboxylic acid groups (broad SMARTS) is 1. The minimum atomic E-state index is -4.96. The number of rotatable bonds is 8. The normalized spacial score (nSPS) is 15.5. The molecule has 1 fully saturated rings. The Balaban J connectivity index is 1.59. The fourth-order valence-corrected chi connectivity index (χ4v) is 5.97. The number of amides is 3. The minimum Gasteiger partial charge on any atom is -0.481 e. The fourth-order valence-electron chi connectivity index (χ4n) is 5.41. The first kappa shape index (κ1) is 31.2. The molecule has 13 heteroatoms. The molecule has 42 heavy (non-hydrogen) atoms. The Hall–Kier alpha value is -3.70. The Bertz CT molecular complexity index is 1490. The van der Waals surface area contributed by atoms with Crippen LogP contribution in [0.1, 0.15) is 55.8 Å². The second-order valence-electron chi connectivity index (χ2n) is 10.3. The summed E-state index contributed by atoms with van der Waals surface area (Å²) in [6.45, 7) is 1.79. The summed E-state index contributed by atoms with van der Waals surface area (Å²) >= 11 is 12.1. The van der Waals surface area contributed by atoms with Gasteiger partial charge in [0.05, 0.1) is 33.4 Å². The number of benzene rings is 3. The monoisotopic (exact) mass is 625 g/mol. The first-order valence-electron chi connectivity index (χ1n) is 13.1. The number of nitrogens with one attached hydrogen (secondary N) is 3. The van der Waals surface area contributed by atoms with E-state index in [2.05, 4.69) is 20.7 Å². The molecule has 0 bridgehead atoms. The van der Waals surface area contributed by atoms with Crippen molar-refractivity contribution in [3.63, 3.8) is 0 Å². The SMILES string of the molecule is C[C@@H](NC(=O)c1cc2ccccc2cc1NC(=O)Nc1c(Cl)cc(OC(F)(F)F)cc1Cl)C1(CC(=O)O)CCCCC1. The third-order valence-corrected chi connectivity index (χ3v) is 8.08. The number of carboxylic acids is 1. The van der Waals surface area contributed by atoms with Crippen molar-refractivity contribution in [3.05, 3.63) is 64.1 Å². The first-order valence-corrected chi connectivity index (χ1v) is 13.9. The molecule has 1 saturated carbocycles. The van der Waals surface area contributed by atoms with E-state index in [1.807, 2.05) is 0 Å². The summed E-state index contributed by atoms with van der Waals surface area (Å²) in [6, 6.07) is 10.8. The fraction of sp³-hybridized carbons (Fsp3) is 0.345. The van der Waals surface area contributed by atoms with Gasteiger partial charge in [-0.2, -0.15) is 0 Å². The quantitative estimate of drug-likeness (QED) is 0.201. The number of carbonyl (C=O) groups excluding carboxylic acids is 2. The summed E-state index contributed by atoms with van der Waals surface area (Å²) in [5.74, 6) is -2.11. The van der Waals surface area contributed by atoms with Gasteiger partial charge in [0.25, 0.3) is 5.91 Å². The van der Waals surface area contributed by atoms with Gasteiger partial charge in [-0.3, -0.25) is 9.59 Å². The van der Waals surface area contributed by atoms with Crippen LogP contribution < -0.4 is 20.7 Å². The van der Waals surface area contributed by atoms with E-state index in [1.54, 1.807) is 43.3 Å². The number of hydrogen-bond acceptors (Lipinski definition) is 4. The molecule has 8 nitrogen and oxygen atoms in total. The lowest BCUT2D eigenvalue weighted by atomic mass is 9.67. The zero-order valence-electron chi connectivity index (χ0n) is 22.4. The Labute approximate surface area is 249 Å². The van der Waals surface area contributed by atoms with Crippen molar-refractivity contribution < 1.29 is 37.4 Å². The molecule has 224 valence electrons. The molecule has 1 aliphatic rings. The van der Waals surface area contributed by atoms with Gasteiger partial charge in [-0.15, -0.1) is 13.2 Å². The molecule has 3 aromatic rings. The summed E-state index contributed by atoms with van der Waals surface area (Å²) in [5.41, 5.74) is -0.505. The predicted molar refractivity (Wildman–Crippen MR) is 154 cm³/mol. The highest BCUT2D eigenvalue weighted by atomic mass is 35.5. The van der Waals surface area contributed by atoms with Crippen LogP contribution in [0.15, 0.2) is 48.5 Å². The third-order valence-electron chi connectivity index (χ3n) is 7.49. The van der Waals surface area contributed by atoms with E-state index >= 15 is 0 Å². The topological polar surface area (TPSA) is 117 Å². The maximum Gasteiger partial charge on any atom is 0.573 e. The maximum atomic E-state index is 13.6. The van der Waals surface area contributed by atoms with Crippen LogP contribution in [0.25, 0.3) is 10.8 Å². The van der Waals surface area contributed by atoms with Crippen LogP contribution in [0.2, 0.25) is 10.0 Å². The molecule has 0 aromatic heterocycles. The zero-order valence-corrected chi connectivity index (χ0v) is 23.9. The van der Waals surface area contributed by atoms with Crippen molar-refractivity contribution in [1.29, 1.82) is 0 Å². The number of urea groups is 1. The first-order chi connectivity index (χ1) is 19.8. The van der Waals surface area contributed by atoms with Crippen molar-refractivity contribution >= 4 is 63.3 Å². The van der Waals surface area contributed by atoms with Crippen LogP contribution in [-0.2, 0) is 4.79 Å². The largest absolute Gasteiger partial charge is 0.573 e. The molecule has 1 aliphatic carbocycles. The van der Waals surface area contributed by atoms with Crippen molar-refractivity contribution in [2.24, 2.45) is 5.41 Å². The van der Waals surface area contributed by atoms with E-state index in [1.165, 1.54) is 0 Å². The molecule has 0 saturated heterocycles. The summed E-state index contributed by atoms with van der Waals surface area (Å²) in [4.78, 5) is 38.3. The molecular weight excluding hydrogens is 598 g/mol. The zero-order chi connectivity index (χ0) is 30.7. The summed E-state index contributed by atoms with van der Waals surface area (Å²) in [6.07, 6.45) is -0.972. The second-order valence-corrected chi connectivity index (χ2v) is 11.1. The molecule has 1 atom stereocenters. The minimum absolute atomic E-state index is 0.0754. The Morgan fingerprint density at radius 1 is 0.976 bits per heavy atom. The van der Waals surface area contributed by atoms with Crippen molar-refractivity contribution in [1.82, 2.24) is 5.32 Å². The van der Waals surface area contributed by atoms with Gasteiger partial charge in [0.15, 0.2) is 0 Å². The molecule has 0 radical (unpaired) electrons. The van der Waals surface area contributed by atoms with E-state index in [0.29, 0.717) is 12.8 Å². The Morgan fingerprint density at radius 3 is 2.14 bits per heavy atom.